The van der Waals surface area contributed by atoms with Gasteiger partial charge in [0.15, 0.2) is 0 Å². The summed E-state index contributed by atoms with van der Waals surface area (Å²) < 4.78 is 45.4. The minimum absolute atomic E-state index is 0.225. The third-order valence-electron chi connectivity index (χ3n) is 5.27. The molecule has 1 atom stereocenters. The van der Waals surface area contributed by atoms with Crippen molar-refractivity contribution in [3.8, 4) is 6.01 Å². The molecular formula is C19H21F3N6O3. The van der Waals surface area contributed by atoms with E-state index < -0.39 is 22.3 Å². The highest BCUT2D eigenvalue weighted by atomic mass is 19.4. The van der Waals surface area contributed by atoms with Gasteiger partial charge in [-0.3, -0.25) is 14.5 Å². The quantitative estimate of drug-likeness (QED) is 0.405. The average molecular weight is 438 g/mol. The van der Waals surface area contributed by atoms with Gasteiger partial charge in [-0.15, -0.1) is 0 Å². The van der Waals surface area contributed by atoms with Crippen LogP contribution in [0.4, 0.5) is 19.0 Å². The zero-order chi connectivity index (χ0) is 22.2. The lowest BCUT2D eigenvalue weighted by Crippen LogP contribution is -2.51. The number of imidazole rings is 1. The number of hydrazone groups is 1. The van der Waals surface area contributed by atoms with Crippen molar-refractivity contribution < 1.29 is 22.8 Å². The summed E-state index contributed by atoms with van der Waals surface area (Å²) in [7, 11) is 0. The topological polar surface area (TPSA) is 89.0 Å². The zero-order valence-corrected chi connectivity index (χ0v) is 16.7. The molecule has 0 aliphatic carbocycles. The highest BCUT2D eigenvalue weighted by Gasteiger charge is 2.41. The van der Waals surface area contributed by atoms with Gasteiger partial charge in [-0.25, -0.2) is 0 Å². The van der Waals surface area contributed by atoms with E-state index in [1.54, 1.807) is 10.8 Å². The number of nitrogens with zero attached hydrogens (tertiary/aromatic N) is 6. The first-order valence-electron chi connectivity index (χ1n) is 9.70. The SMILES string of the molecule is C[C@]1(CN2CCN(/N=C/c3ccc(C(F)(F)F)cc3)CC2)Cn2cc([N+](=O)[O-])nc2O1. The van der Waals surface area contributed by atoms with E-state index in [1.807, 2.05) is 11.9 Å². The summed E-state index contributed by atoms with van der Waals surface area (Å²) in [5, 5.41) is 17.1. The standard InChI is InChI=1S/C19H21F3N6O3/c1-18(13-26-11-16(28(29)30)24-17(26)31-18)12-25-6-8-27(9-7-25)23-10-14-2-4-15(5-3-14)19(20,21)22/h2-5,10-11H,6-9,12-13H2,1H3/b23-10+/t18-/m0/s1. The Kier molecular flexibility index (Phi) is 5.33. The predicted molar refractivity (Wildman–Crippen MR) is 105 cm³/mol. The van der Waals surface area contributed by atoms with Crippen molar-refractivity contribution in [2.75, 3.05) is 32.7 Å². The molecule has 1 fully saturated rings. The molecule has 2 aliphatic heterocycles. The maximum atomic E-state index is 12.6. The van der Waals surface area contributed by atoms with Crippen LogP contribution in [0.25, 0.3) is 0 Å². The van der Waals surface area contributed by atoms with Gasteiger partial charge in [0.2, 0.25) is 0 Å². The number of piperazine rings is 1. The number of aromatic nitrogens is 2. The molecule has 0 unspecified atom stereocenters. The lowest BCUT2D eigenvalue weighted by Gasteiger charge is -2.36. The van der Waals surface area contributed by atoms with Crippen LogP contribution in [0, 0.1) is 10.1 Å². The lowest BCUT2D eigenvalue weighted by molar-refractivity contribution is -0.389. The summed E-state index contributed by atoms with van der Waals surface area (Å²) in [6, 6.07) is 5.14. The molecule has 1 saturated heterocycles. The molecular weight excluding hydrogens is 417 g/mol. The second-order valence-corrected chi connectivity index (χ2v) is 7.91. The van der Waals surface area contributed by atoms with Crippen LogP contribution in [-0.2, 0) is 12.7 Å². The van der Waals surface area contributed by atoms with E-state index in [4.69, 9.17) is 4.74 Å². The van der Waals surface area contributed by atoms with E-state index in [0.717, 1.165) is 25.2 Å². The van der Waals surface area contributed by atoms with Crippen molar-refractivity contribution >= 4 is 12.0 Å². The predicted octanol–water partition coefficient (Wildman–Crippen LogP) is 2.61. The fraction of sp³-hybridized carbons (Fsp3) is 0.474. The van der Waals surface area contributed by atoms with Crippen molar-refractivity contribution in [3.05, 3.63) is 51.7 Å². The Morgan fingerprint density at radius 1 is 1.26 bits per heavy atom. The van der Waals surface area contributed by atoms with Crippen LogP contribution in [-0.4, -0.2) is 68.9 Å². The van der Waals surface area contributed by atoms with Gasteiger partial charge in [0.1, 0.15) is 11.8 Å². The fourth-order valence-corrected chi connectivity index (χ4v) is 3.75. The number of rotatable bonds is 5. The Balaban J connectivity index is 1.26. The van der Waals surface area contributed by atoms with Crippen molar-refractivity contribution in [1.29, 1.82) is 0 Å². The van der Waals surface area contributed by atoms with Gasteiger partial charge in [0.05, 0.1) is 18.3 Å². The van der Waals surface area contributed by atoms with Gasteiger partial charge < -0.3 is 14.9 Å². The highest BCUT2D eigenvalue weighted by Crippen LogP contribution is 2.32. The largest absolute Gasteiger partial charge is 0.436 e. The van der Waals surface area contributed by atoms with Crippen molar-refractivity contribution in [3.63, 3.8) is 0 Å². The Morgan fingerprint density at radius 3 is 2.52 bits per heavy atom. The summed E-state index contributed by atoms with van der Waals surface area (Å²) in [5.74, 6) is -0.225. The Hall–Kier alpha value is -3.15. The summed E-state index contributed by atoms with van der Waals surface area (Å²) in [6.07, 6.45) is -1.41. The van der Waals surface area contributed by atoms with Crippen LogP contribution in [0.15, 0.2) is 35.6 Å². The number of halogens is 3. The van der Waals surface area contributed by atoms with Gasteiger partial charge in [-0.2, -0.15) is 18.3 Å². The van der Waals surface area contributed by atoms with E-state index in [-0.39, 0.29) is 11.8 Å². The maximum Gasteiger partial charge on any atom is 0.416 e. The van der Waals surface area contributed by atoms with E-state index in [0.29, 0.717) is 31.7 Å². The molecule has 2 aliphatic rings. The van der Waals surface area contributed by atoms with Gasteiger partial charge in [-0.05, 0) is 29.5 Å². The van der Waals surface area contributed by atoms with Gasteiger partial charge in [0, 0.05) is 37.7 Å². The lowest BCUT2D eigenvalue weighted by atomic mass is 10.1. The minimum atomic E-state index is -4.35. The molecule has 9 nitrogen and oxygen atoms in total. The fourth-order valence-electron chi connectivity index (χ4n) is 3.75. The monoisotopic (exact) mass is 438 g/mol. The van der Waals surface area contributed by atoms with E-state index >= 15 is 0 Å². The number of alkyl halides is 3. The average Bonchev–Trinajstić information content (AvgIpc) is 3.22. The van der Waals surface area contributed by atoms with Crippen LogP contribution < -0.4 is 4.74 Å². The molecule has 0 radical (unpaired) electrons. The number of hydrogen-bond acceptors (Lipinski definition) is 7. The molecule has 3 heterocycles. The number of fused-ring (bicyclic) bond motifs is 1. The summed E-state index contributed by atoms with van der Waals surface area (Å²) in [6.45, 7) is 5.89. The van der Waals surface area contributed by atoms with Crippen LogP contribution in [0.2, 0.25) is 0 Å². The highest BCUT2D eigenvalue weighted by molar-refractivity contribution is 5.79. The Labute approximate surface area is 175 Å². The van der Waals surface area contributed by atoms with Gasteiger partial charge in [0.25, 0.3) is 0 Å². The second kappa shape index (κ2) is 7.84. The molecule has 4 rings (SSSR count). The molecule has 1 aromatic carbocycles. The number of ether oxygens (including phenoxy) is 1. The molecule has 166 valence electrons. The van der Waals surface area contributed by atoms with Crippen LogP contribution in [0.3, 0.4) is 0 Å². The Morgan fingerprint density at radius 2 is 1.94 bits per heavy atom. The van der Waals surface area contributed by atoms with E-state index in [9.17, 15) is 23.3 Å². The van der Waals surface area contributed by atoms with Crippen LogP contribution in [0.5, 0.6) is 6.01 Å². The Bertz CT molecular complexity index is 957. The van der Waals surface area contributed by atoms with Crippen LogP contribution >= 0.6 is 0 Å². The van der Waals surface area contributed by atoms with E-state index in [1.165, 1.54) is 18.3 Å². The number of benzene rings is 1. The molecule has 0 spiro atoms. The first kappa shape index (κ1) is 21.1. The van der Waals surface area contributed by atoms with E-state index in [2.05, 4.69) is 15.0 Å². The number of hydrogen-bond donors (Lipinski definition) is 0. The molecule has 0 amide bonds. The van der Waals surface area contributed by atoms with Crippen molar-refractivity contribution in [2.45, 2.75) is 25.2 Å². The summed E-state index contributed by atoms with van der Waals surface area (Å²) >= 11 is 0. The first-order chi connectivity index (χ1) is 14.6. The molecule has 0 saturated carbocycles. The molecule has 31 heavy (non-hydrogen) atoms. The zero-order valence-electron chi connectivity index (χ0n) is 16.7. The maximum absolute atomic E-state index is 12.6. The summed E-state index contributed by atoms with van der Waals surface area (Å²) in [4.78, 5) is 16.4. The molecule has 12 heteroatoms. The third kappa shape index (κ3) is 4.79. The summed E-state index contributed by atoms with van der Waals surface area (Å²) in [5.41, 5.74) is -0.605. The number of nitro groups is 1. The normalized spacial score (nSPS) is 22.0. The molecule has 1 aromatic heterocycles. The van der Waals surface area contributed by atoms with Crippen molar-refractivity contribution in [1.82, 2.24) is 19.5 Å². The third-order valence-corrected chi connectivity index (χ3v) is 5.27. The first-order valence-corrected chi connectivity index (χ1v) is 9.70. The molecule has 2 aromatic rings. The van der Waals surface area contributed by atoms with Gasteiger partial charge in [-0.1, -0.05) is 12.1 Å². The molecule has 0 bridgehead atoms. The van der Waals surface area contributed by atoms with Crippen LogP contribution in [0.1, 0.15) is 18.1 Å². The minimum Gasteiger partial charge on any atom is -0.436 e. The smallest absolute Gasteiger partial charge is 0.416 e. The van der Waals surface area contributed by atoms with Gasteiger partial charge >= 0.3 is 18.0 Å². The second-order valence-electron chi connectivity index (χ2n) is 7.91. The molecule has 0 N–H and O–H groups in total. The van der Waals surface area contributed by atoms with Crippen molar-refractivity contribution in [2.24, 2.45) is 5.10 Å².